The molecule has 1 atom stereocenters. The van der Waals surface area contributed by atoms with Gasteiger partial charge in [-0.3, -0.25) is 0 Å². The molecule has 1 saturated carbocycles. The molecule has 0 bridgehead atoms. The van der Waals surface area contributed by atoms with Crippen LogP contribution in [0.3, 0.4) is 0 Å². The minimum absolute atomic E-state index is 0.0329. The van der Waals surface area contributed by atoms with Gasteiger partial charge < -0.3 is 14.8 Å². The van der Waals surface area contributed by atoms with Crippen molar-refractivity contribution in [3.05, 3.63) is 64.5 Å². The van der Waals surface area contributed by atoms with E-state index in [1.807, 2.05) is 0 Å². The Kier molecular flexibility index (Phi) is 6.13. The number of nitrogens with zero attached hydrogens (tertiary/aromatic N) is 1. The second-order valence-corrected chi connectivity index (χ2v) is 8.00. The molecule has 1 aliphatic carbocycles. The lowest BCUT2D eigenvalue weighted by Gasteiger charge is -2.32. The molecule has 1 N–H and O–H groups in total. The summed E-state index contributed by atoms with van der Waals surface area (Å²) in [6.07, 6.45) is 0.710. The van der Waals surface area contributed by atoms with Crippen LogP contribution in [0.15, 0.2) is 47.8 Å². The third kappa shape index (κ3) is 4.18. The Morgan fingerprint density at radius 3 is 2.59 bits per heavy atom. The minimum Gasteiger partial charge on any atom is -0.474 e. The summed E-state index contributed by atoms with van der Waals surface area (Å²) in [5.41, 5.74) is 0.721. The lowest BCUT2D eigenvalue weighted by Crippen LogP contribution is -2.27. The second-order valence-electron chi connectivity index (χ2n) is 8.00. The number of aromatic nitrogens is 1. The van der Waals surface area contributed by atoms with E-state index in [0.717, 1.165) is 31.7 Å². The molecule has 1 aromatic heterocycles. The summed E-state index contributed by atoms with van der Waals surface area (Å²) in [6, 6.07) is 7.00. The van der Waals surface area contributed by atoms with Gasteiger partial charge in [-0.05, 0) is 57.2 Å². The molecule has 32 heavy (non-hydrogen) atoms. The van der Waals surface area contributed by atoms with Gasteiger partial charge >= 0.3 is 12.1 Å². The molecule has 1 aliphatic heterocycles. The highest BCUT2D eigenvalue weighted by molar-refractivity contribution is 5.95. The largest absolute Gasteiger partial charge is 0.474 e. The third-order valence-corrected chi connectivity index (χ3v) is 5.91. The number of halogens is 3. The summed E-state index contributed by atoms with van der Waals surface area (Å²) < 4.78 is 53.4. The van der Waals surface area contributed by atoms with Gasteiger partial charge in [-0.2, -0.15) is 13.2 Å². The summed E-state index contributed by atoms with van der Waals surface area (Å²) in [6.45, 7) is 3.43. The topological polar surface area (TPSA) is 60.5 Å². The van der Waals surface area contributed by atoms with Crippen LogP contribution >= 0.6 is 0 Å². The molecular formula is C24H25F3N2O3. The number of hydrogen-bond acceptors (Lipinski definition) is 5. The van der Waals surface area contributed by atoms with Crippen LogP contribution < -0.4 is 10.1 Å². The molecule has 8 heteroatoms. The lowest BCUT2D eigenvalue weighted by atomic mass is 9.79. The highest BCUT2D eigenvalue weighted by atomic mass is 19.4. The Balaban J connectivity index is 1.93. The maximum atomic E-state index is 14.0. The number of carbonyl (C=O) groups is 1. The molecule has 5 nitrogen and oxygen atoms in total. The SMILES string of the molecule is CCOC(=O)C1=C(C)Nc2ccnc(OC3CCCC3)c2C1c1ccccc1C(F)(F)F. The molecule has 170 valence electrons. The van der Waals surface area contributed by atoms with E-state index in [2.05, 4.69) is 10.3 Å². The number of pyridine rings is 1. The quantitative estimate of drug-likeness (QED) is 0.587. The molecule has 0 amide bonds. The number of allylic oxidation sites excluding steroid dienone is 1. The van der Waals surface area contributed by atoms with Gasteiger partial charge in [0.15, 0.2) is 0 Å². The van der Waals surface area contributed by atoms with Crippen LogP contribution in [0, 0.1) is 0 Å². The normalized spacial score (nSPS) is 18.8. The van der Waals surface area contributed by atoms with Gasteiger partial charge in [0.05, 0.1) is 23.7 Å². The highest BCUT2D eigenvalue weighted by Crippen LogP contribution is 2.49. The van der Waals surface area contributed by atoms with Crippen LogP contribution in [0.4, 0.5) is 18.9 Å². The summed E-state index contributed by atoms with van der Waals surface area (Å²) in [5.74, 6) is -1.45. The molecular weight excluding hydrogens is 421 g/mol. The molecule has 2 aromatic rings. The van der Waals surface area contributed by atoms with Crippen LogP contribution in [0.25, 0.3) is 0 Å². The van der Waals surface area contributed by atoms with Crippen molar-refractivity contribution in [1.29, 1.82) is 0 Å². The van der Waals surface area contributed by atoms with E-state index >= 15 is 0 Å². The smallest absolute Gasteiger partial charge is 0.416 e. The first kappa shape index (κ1) is 22.2. The van der Waals surface area contributed by atoms with Crippen molar-refractivity contribution in [1.82, 2.24) is 4.98 Å². The van der Waals surface area contributed by atoms with Gasteiger partial charge in [0.1, 0.15) is 6.10 Å². The lowest BCUT2D eigenvalue weighted by molar-refractivity contribution is -0.140. The van der Waals surface area contributed by atoms with Gasteiger partial charge in [0, 0.05) is 23.1 Å². The van der Waals surface area contributed by atoms with Gasteiger partial charge in [-0.25, -0.2) is 9.78 Å². The molecule has 2 heterocycles. The minimum atomic E-state index is -4.59. The predicted octanol–water partition coefficient (Wildman–Crippen LogP) is 5.82. The van der Waals surface area contributed by atoms with Crippen molar-refractivity contribution >= 4 is 11.7 Å². The Morgan fingerprint density at radius 2 is 1.91 bits per heavy atom. The van der Waals surface area contributed by atoms with E-state index < -0.39 is 23.6 Å². The fourth-order valence-electron chi connectivity index (χ4n) is 4.53. The number of alkyl halides is 3. The van der Waals surface area contributed by atoms with Gasteiger partial charge in [0.25, 0.3) is 0 Å². The number of anilines is 1. The molecule has 0 spiro atoms. The van der Waals surface area contributed by atoms with Crippen molar-refractivity contribution in [2.24, 2.45) is 0 Å². The van der Waals surface area contributed by atoms with Crippen molar-refractivity contribution in [2.45, 2.75) is 57.7 Å². The molecule has 1 fully saturated rings. The maximum absolute atomic E-state index is 14.0. The van der Waals surface area contributed by atoms with Gasteiger partial charge in [0.2, 0.25) is 5.88 Å². The summed E-state index contributed by atoms with van der Waals surface area (Å²) in [5, 5.41) is 3.15. The molecule has 0 saturated heterocycles. The fourth-order valence-corrected chi connectivity index (χ4v) is 4.53. The molecule has 0 radical (unpaired) electrons. The van der Waals surface area contributed by atoms with Crippen LogP contribution in [0.5, 0.6) is 5.88 Å². The number of ether oxygens (including phenoxy) is 2. The van der Waals surface area contributed by atoms with E-state index in [9.17, 15) is 18.0 Å². The number of esters is 1. The Labute approximate surface area is 184 Å². The Morgan fingerprint density at radius 1 is 1.19 bits per heavy atom. The number of nitrogens with one attached hydrogen (secondary N) is 1. The highest BCUT2D eigenvalue weighted by Gasteiger charge is 2.42. The Bertz CT molecular complexity index is 1040. The average Bonchev–Trinajstić information content (AvgIpc) is 3.25. The van der Waals surface area contributed by atoms with Gasteiger partial charge in [-0.15, -0.1) is 0 Å². The van der Waals surface area contributed by atoms with Crippen molar-refractivity contribution in [3.63, 3.8) is 0 Å². The first-order valence-electron chi connectivity index (χ1n) is 10.8. The summed E-state index contributed by atoms with van der Waals surface area (Å²) in [4.78, 5) is 17.3. The van der Waals surface area contributed by atoms with E-state index in [1.54, 1.807) is 26.1 Å². The van der Waals surface area contributed by atoms with Crippen LogP contribution in [0.2, 0.25) is 0 Å². The summed E-state index contributed by atoms with van der Waals surface area (Å²) >= 11 is 0. The zero-order valence-corrected chi connectivity index (χ0v) is 18.0. The monoisotopic (exact) mass is 446 g/mol. The van der Waals surface area contributed by atoms with Crippen LogP contribution in [-0.2, 0) is 15.7 Å². The number of carbonyl (C=O) groups excluding carboxylic acids is 1. The Hall–Kier alpha value is -3.03. The van der Waals surface area contributed by atoms with Crippen molar-refractivity contribution in [3.8, 4) is 5.88 Å². The van der Waals surface area contributed by atoms with Crippen LogP contribution in [0.1, 0.15) is 62.1 Å². The third-order valence-electron chi connectivity index (χ3n) is 5.91. The van der Waals surface area contributed by atoms with E-state index in [1.165, 1.54) is 18.2 Å². The predicted molar refractivity (Wildman–Crippen MR) is 113 cm³/mol. The van der Waals surface area contributed by atoms with Gasteiger partial charge in [-0.1, -0.05) is 18.2 Å². The summed E-state index contributed by atoms with van der Waals surface area (Å²) in [7, 11) is 0. The fraction of sp³-hybridized carbons (Fsp3) is 0.417. The molecule has 1 unspecified atom stereocenters. The maximum Gasteiger partial charge on any atom is 0.416 e. The van der Waals surface area contributed by atoms with E-state index in [4.69, 9.17) is 9.47 Å². The second kappa shape index (κ2) is 8.84. The zero-order chi connectivity index (χ0) is 22.9. The first-order chi connectivity index (χ1) is 15.3. The number of benzene rings is 1. The molecule has 4 rings (SSSR count). The molecule has 2 aliphatic rings. The number of rotatable bonds is 5. The number of fused-ring (bicyclic) bond motifs is 1. The average molecular weight is 446 g/mol. The van der Waals surface area contributed by atoms with E-state index in [0.29, 0.717) is 16.9 Å². The first-order valence-corrected chi connectivity index (χ1v) is 10.8. The number of hydrogen-bond donors (Lipinski definition) is 1. The zero-order valence-electron chi connectivity index (χ0n) is 18.0. The molecule has 1 aromatic carbocycles. The van der Waals surface area contributed by atoms with E-state index in [-0.39, 0.29) is 29.7 Å². The standard InChI is InChI=1S/C24H25F3N2O3/c1-3-31-23(30)19-14(2)29-18-12-13-28-22(32-15-8-4-5-9-15)21(18)20(19)16-10-6-7-11-17(16)24(25,26)27/h6-7,10-13,15,20,29H,3-5,8-9H2,1-2H3. The van der Waals surface area contributed by atoms with Crippen LogP contribution in [-0.4, -0.2) is 23.7 Å². The van der Waals surface area contributed by atoms with Crippen molar-refractivity contribution < 1.29 is 27.4 Å². The van der Waals surface area contributed by atoms with Crippen molar-refractivity contribution in [2.75, 3.05) is 11.9 Å².